The molecule has 1 saturated heterocycles. The van der Waals surface area contributed by atoms with E-state index in [1.165, 1.54) is 28.0 Å². The molecular formula is C47H49N9O5S2. The van der Waals surface area contributed by atoms with Crippen LogP contribution in [-0.4, -0.2) is 80.6 Å². The number of carbonyl (C=O) groups is 2. The van der Waals surface area contributed by atoms with E-state index in [1.54, 1.807) is 35.3 Å². The van der Waals surface area contributed by atoms with Gasteiger partial charge in [-0.25, -0.2) is 19.9 Å². The lowest BCUT2D eigenvalue weighted by Gasteiger charge is -2.32. The number of ether oxygens (including phenoxy) is 2. The molecule has 3 N–H and O–H groups in total. The molecule has 2 aromatic carbocycles. The fraction of sp³-hybridized carbons (Fsp3) is 0.404. The van der Waals surface area contributed by atoms with Crippen molar-refractivity contribution in [2.45, 2.75) is 84.7 Å². The summed E-state index contributed by atoms with van der Waals surface area (Å²) in [4.78, 5) is 57.8. The zero-order chi connectivity index (χ0) is 43.0. The number of carboxylic acids is 1. The summed E-state index contributed by atoms with van der Waals surface area (Å²) in [6.45, 7) is 8.33. The van der Waals surface area contributed by atoms with Crippen LogP contribution in [0.2, 0.25) is 0 Å². The second-order valence-corrected chi connectivity index (χ2v) is 18.7. The van der Waals surface area contributed by atoms with Gasteiger partial charge in [-0.05, 0) is 129 Å². The van der Waals surface area contributed by atoms with E-state index in [2.05, 4.69) is 57.6 Å². The summed E-state index contributed by atoms with van der Waals surface area (Å²) >= 11 is 3.29. The summed E-state index contributed by atoms with van der Waals surface area (Å²) in [5.41, 5.74) is 8.73. The van der Waals surface area contributed by atoms with Crippen molar-refractivity contribution in [3.05, 3.63) is 80.1 Å². The number of likely N-dealkylation sites (tertiary alicyclic amines) is 1. The molecule has 2 unspecified atom stereocenters. The summed E-state index contributed by atoms with van der Waals surface area (Å²) in [5, 5.41) is 18.5. The second-order valence-electron chi connectivity index (χ2n) is 16.6. The van der Waals surface area contributed by atoms with Crippen molar-refractivity contribution in [1.29, 1.82) is 0 Å². The predicted octanol–water partition coefficient (Wildman–Crippen LogP) is 8.84. The van der Waals surface area contributed by atoms with E-state index in [9.17, 15) is 14.7 Å². The van der Waals surface area contributed by atoms with Crippen molar-refractivity contribution in [3.8, 4) is 11.5 Å². The van der Waals surface area contributed by atoms with Crippen molar-refractivity contribution in [2.24, 2.45) is 21.8 Å². The Balaban J connectivity index is 0.000000152. The number of hydrogen-bond donors (Lipinski definition) is 3. The van der Waals surface area contributed by atoms with Gasteiger partial charge >= 0.3 is 5.97 Å². The lowest BCUT2D eigenvalue weighted by Crippen LogP contribution is -2.41. The first-order chi connectivity index (χ1) is 30.8. The molecule has 4 aromatic heterocycles. The van der Waals surface area contributed by atoms with Gasteiger partial charge in [-0.3, -0.25) is 19.6 Å². The van der Waals surface area contributed by atoms with Crippen LogP contribution in [0.4, 0.5) is 23.0 Å². The third-order valence-electron chi connectivity index (χ3n) is 12.6. The number of aliphatic carboxylic acids is 1. The number of thiophene rings is 2. The maximum atomic E-state index is 13.1. The molecule has 16 heteroatoms. The molecule has 63 heavy (non-hydrogen) atoms. The smallest absolute Gasteiger partial charge is 0.306 e. The summed E-state index contributed by atoms with van der Waals surface area (Å²) in [5.74, 6) is 2.51. The van der Waals surface area contributed by atoms with Gasteiger partial charge in [0.1, 0.15) is 45.5 Å². The van der Waals surface area contributed by atoms with E-state index < -0.39 is 5.97 Å². The Morgan fingerprint density at radius 1 is 0.714 bits per heavy atom. The third-order valence-corrected chi connectivity index (χ3v) is 15.0. The van der Waals surface area contributed by atoms with Crippen molar-refractivity contribution in [2.75, 3.05) is 36.9 Å². The van der Waals surface area contributed by atoms with Gasteiger partial charge in [0, 0.05) is 41.2 Å². The average Bonchev–Trinajstić information content (AvgIpc) is 4.11. The lowest BCUT2D eigenvalue weighted by molar-refractivity contribution is -0.142. The molecule has 0 bridgehead atoms. The number of amides is 1. The molecule has 0 saturated carbocycles. The Morgan fingerprint density at radius 3 is 1.73 bits per heavy atom. The SMILES string of the molecule is CCOc1cc2c(cc1Nc1ncnc3sc4c(c13)CCC(C(=O)N1CCCCC1)C4)C=NC2.CCOc1cc2c(cc1Nc1ncnc3sc4c(c13)CCC(C(=O)O)C4)C=NC2. The summed E-state index contributed by atoms with van der Waals surface area (Å²) in [6.07, 6.45) is 15.0. The minimum atomic E-state index is -0.723. The van der Waals surface area contributed by atoms with Crippen molar-refractivity contribution in [3.63, 3.8) is 0 Å². The van der Waals surface area contributed by atoms with Gasteiger partial charge in [0.25, 0.3) is 0 Å². The molecule has 1 fully saturated rings. The molecule has 14 nitrogen and oxygen atoms in total. The first-order valence-corrected chi connectivity index (χ1v) is 23.6. The monoisotopic (exact) mass is 883 g/mol. The summed E-state index contributed by atoms with van der Waals surface area (Å²) < 4.78 is 11.8. The quantitative estimate of drug-likeness (QED) is 0.120. The number of nitrogens with one attached hydrogen (secondary N) is 2. The zero-order valence-electron chi connectivity index (χ0n) is 35.4. The largest absolute Gasteiger partial charge is 0.492 e. The van der Waals surface area contributed by atoms with E-state index in [0.717, 1.165) is 128 Å². The van der Waals surface area contributed by atoms with E-state index in [1.807, 2.05) is 38.4 Å². The maximum absolute atomic E-state index is 13.1. The minimum absolute atomic E-state index is 0.0867. The fourth-order valence-electron chi connectivity index (χ4n) is 9.48. The van der Waals surface area contributed by atoms with E-state index in [-0.39, 0.29) is 11.8 Å². The average molecular weight is 884 g/mol. The predicted molar refractivity (Wildman–Crippen MR) is 248 cm³/mol. The fourth-order valence-corrected chi connectivity index (χ4v) is 12.0. The molecule has 2 atom stereocenters. The van der Waals surface area contributed by atoms with Crippen LogP contribution in [0.15, 0.2) is 46.9 Å². The normalized spacial score (nSPS) is 18.3. The molecule has 6 aromatic rings. The molecule has 5 aliphatic rings. The Labute approximate surface area is 372 Å². The van der Waals surface area contributed by atoms with Gasteiger partial charge in [0.05, 0.1) is 54.4 Å². The van der Waals surface area contributed by atoms with Crippen molar-refractivity contribution >= 4 is 90.4 Å². The minimum Gasteiger partial charge on any atom is -0.492 e. The van der Waals surface area contributed by atoms with Crippen LogP contribution in [0.3, 0.4) is 0 Å². The number of piperidine rings is 1. The molecule has 0 radical (unpaired) electrons. The van der Waals surface area contributed by atoms with Crippen LogP contribution in [0.5, 0.6) is 11.5 Å². The van der Waals surface area contributed by atoms with Crippen LogP contribution < -0.4 is 20.1 Å². The third kappa shape index (κ3) is 8.10. The van der Waals surface area contributed by atoms with Crippen LogP contribution >= 0.6 is 22.7 Å². The van der Waals surface area contributed by atoms with Gasteiger partial charge in [-0.2, -0.15) is 0 Å². The summed E-state index contributed by atoms with van der Waals surface area (Å²) in [6, 6.07) is 8.25. The number of hydrogen-bond acceptors (Lipinski definition) is 14. The van der Waals surface area contributed by atoms with Gasteiger partial charge in [0.2, 0.25) is 5.91 Å². The number of anilines is 4. The molecule has 324 valence electrons. The number of benzene rings is 2. The lowest BCUT2D eigenvalue weighted by atomic mass is 9.86. The van der Waals surface area contributed by atoms with Crippen molar-refractivity contribution < 1.29 is 24.2 Å². The molecule has 1 amide bonds. The number of fused-ring (bicyclic) bond motifs is 8. The highest BCUT2D eigenvalue weighted by atomic mass is 32.1. The standard InChI is InChI=1S/C26H29N5O2S.C21H20N4O3S/c1-2-33-21-11-18-14-27-13-17(18)10-20(21)30-24-23-19-7-6-16(26(32)31-8-4-3-5-9-31)12-22(19)34-25(23)29-15-28-24;1-2-28-16-6-13-9-22-8-12(13)5-15(16)25-19-18-14-4-3-11(21(26)27)7-17(14)29-20(18)24-10-23-19/h10-11,13,15-16H,2-9,12,14H2,1H3,(H,28,29,30);5-6,8,10-11H,2-4,7,9H2,1H3,(H,26,27)(H,23,24,25). The number of carboxylic acid groups (broad SMARTS) is 1. The Morgan fingerprint density at radius 2 is 1.22 bits per heavy atom. The van der Waals surface area contributed by atoms with Crippen LogP contribution in [0.1, 0.15) is 89.1 Å². The zero-order valence-corrected chi connectivity index (χ0v) is 37.0. The first-order valence-electron chi connectivity index (χ1n) is 22.0. The molecule has 7 heterocycles. The Kier molecular flexibility index (Phi) is 11.5. The molecule has 3 aliphatic heterocycles. The second kappa shape index (κ2) is 17.6. The summed E-state index contributed by atoms with van der Waals surface area (Å²) in [7, 11) is 0. The molecule has 11 rings (SSSR count). The van der Waals surface area contributed by atoms with Gasteiger partial charge in [-0.15, -0.1) is 22.7 Å². The highest BCUT2D eigenvalue weighted by molar-refractivity contribution is 7.19. The topological polar surface area (TPSA) is 176 Å². The first kappa shape index (κ1) is 41.0. The van der Waals surface area contributed by atoms with Gasteiger partial charge in [-0.1, -0.05) is 0 Å². The highest BCUT2D eigenvalue weighted by Crippen LogP contribution is 2.44. The molecule has 2 aliphatic carbocycles. The van der Waals surface area contributed by atoms with Crippen LogP contribution in [0, 0.1) is 11.8 Å². The molecular weight excluding hydrogens is 835 g/mol. The van der Waals surface area contributed by atoms with Gasteiger partial charge < -0.3 is 30.1 Å². The van der Waals surface area contributed by atoms with Crippen molar-refractivity contribution in [1.82, 2.24) is 24.8 Å². The number of carbonyl (C=O) groups excluding carboxylic acids is 1. The number of aryl methyl sites for hydroxylation is 2. The maximum Gasteiger partial charge on any atom is 0.306 e. The number of nitrogens with zero attached hydrogens (tertiary/aromatic N) is 7. The Bertz CT molecular complexity index is 2810. The van der Waals surface area contributed by atoms with Crippen LogP contribution in [-0.2, 0) is 48.4 Å². The van der Waals surface area contributed by atoms with E-state index in [4.69, 9.17) is 9.47 Å². The van der Waals surface area contributed by atoms with Gasteiger partial charge in [0.15, 0.2) is 0 Å². The Hall–Kier alpha value is -6.00. The number of aliphatic imine (C=N–C) groups is 2. The highest BCUT2D eigenvalue weighted by Gasteiger charge is 2.33. The number of rotatable bonds is 10. The molecule has 0 spiro atoms. The van der Waals surface area contributed by atoms with Crippen LogP contribution in [0.25, 0.3) is 20.4 Å². The number of aromatic nitrogens is 4. The van der Waals surface area contributed by atoms with E-state index in [0.29, 0.717) is 45.1 Å². The van der Waals surface area contributed by atoms with E-state index >= 15 is 0 Å².